The maximum absolute atomic E-state index is 5.47. The quantitative estimate of drug-likeness (QED) is 0.707. The molecule has 0 amide bonds. The van der Waals surface area contributed by atoms with Crippen LogP contribution in [0.25, 0.3) is 0 Å². The first-order valence-corrected chi connectivity index (χ1v) is 9.02. The number of likely N-dealkylation sites (tertiary alicyclic amines) is 1. The van der Waals surface area contributed by atoms with Gasteiger partial charge in [-0.1, -0.05) is 42.5 Å². The molecule has 2 atom stereocenters. The SMILES string of the molecule is COc1cccc(C2C(c3ccccc3)CCN2Cc2ncnn2C)c1. The Hall–Kier alpha value is -2.66. The van der Waals surface area contributed by atoms with Crippen LogP contribution in [0.2, 0.25) is 0 Å². The highest BCUT2D eigenvalue weighted by molar-refractivity contribution is 5.35. The van der Waals surface area contributed by atoms with Crippen LogP contribution in [0, 0.1) is 0 Å². The Morgan fingerprint density at radius 2 is 1.88 bits per heavy atom. The Morgan fingerprint density at radius 1 is 1.08 bits per heavy atom. The molecule has 0 bridgehead atoms. The Labute approximate surface area is 154 Å². The third-order valence-corrected chi connectivity index (χ3v) is 5.31. The van der Waals surface area contributed by atoms with Gasteiger partial charge in [0.25, 0.3) is 0 Å². The first-order chi connectivity index (χ1) is 12.8. The van der Waals surface area contributed by atoms with Gasteiger partial charge in [-0.15, -0.1) is 0 Å². The molecular formula is C21H24N4O. The number of rotatable bonds is 5. The normalized spacial score (nSPS) is 20.4. The van der Waals surface area contributed by atoms with Gasteiger partial charge in [-0.25, -0.2) is 4.98 Å². The lowest BCUT2D eigenvalue weighted by molar-refractivity contribution is 0.229. The van der Waals surface area contributed by atoms with E-state index in [4.69, 9.17) is 4.74 Å². The number of aryl methyl sites for hydroxylation is 1. The second-order valence-corrected chi connectivity index (χ2v) is 6.80. The third-order valence-electron chi connectivity index (χ3n) is 5.31. The van der Waals surface area contributed by atoms with Crippen molar-refractivity contribution in [1.29, 1.82) is 0 Å². The largest absolute Gasteiger partial charge is 0.497 e. The lowest BCUT2D eigenvalue weighted by atomic mass is 9.87. The second-order valence-electron chi connectivity index (χ2n) is 6.80. The molecule has 2 aromatic carbocycles. The minimum absolute atomic E-state index is 0.296. The van der Waals surface area contributed by atoms with Gasteiger partial charge >= 0.3 is 0 Å². The molecule has 1 aromatic heterocycles. The molecule has 3 aromatic rings. The highest BCUT2D eigenvalue weighted by atomic mass is 16.5. The molecule has 4 rings (SSSR count). The van der Waals surface area contributed by atoms with Gasteiger partial charge in [0.15, 0.2) is 0 Å². The van der Waals surface area contributed by atoms with E-state index in [0.717, 1.165) is 31.1 Å². The first kappa shape index (κ1) is 16.8. The average molecular weight is 348 g/mol. The van der Waals surface area contributed by atoms with E-state index in [-0.39, 0.29) is 0 Å². The van der Waals surface area contributed by atoms with Crippen molar-refractivity contribution in [1.82, 2.24) is 19.7 Å². The Kier molecular flexibility index (Phi) is 4.71. The lowest BCUT2D eigenvalue weighted by Crippen LogP contribution is -2.26. The van der Waals surface area contributed by atoms with Gasteiger partial charge in [-0.3, -0.25) is 9.58 Å². The summed E-state index contributed by atoms with van der Waals surface area (Å²) in [7, 11) is 3.67. The predicted octanol–water partition coefficient (Wildman–Crippen LogP) is 3.55. The van der Waals surface area contributed by atoms with Crippen molar-refractivity contribution >= 4 is 0 Å². The summed E-state index contributed by atoms with van der Waals surface area (Å²) in [5, 5.41) is 4.22. The van der Waals surface area contributed by atoms with E-state index >= 15 is 0 Å². The van der Waals surface area contributed by atoms with Crippen molar-refractivity contribution in [2.45, 2.75) is 24.9 Å². The van der Waals surface area contributed by atoms with Gasteiger partial charge in [0.1, 0.15) is 17.9 Å². The van der Waals surface area contributed by atoms with E-state index in [2.05, 4.69) is 63.5 Å². The molecule has 2 heterocycles. The molecule has 0 radical (unpaired) electrons. The Balaban J connectivity index is 1.70. The predicted molar refractivity (Wildman–Crippen MR) is 101 cm³/mol. The molecule has 5 nitrogen and oxygen atoms in total. The smallest absolute Gasteiger partial charge is 0.140 e. The number of nitrogens with zero attached hydrogens (tertiary/aromatic N) is 4. The van der Waals surface area contributed by atoms with E-state index in [9.17, 15) is 0 Å². The van der Waals surface area contributed by atoms with Crippen LogP contribution < -0.4 is 4.74 Å². The zero-order chi connectivity index (χ0) is 17.9. The number of aromatic nitrogens is 3. The standard InChI is InChI=1S/C21H24N4O/c1-24-20(22-15-23-24)14-25-12-11-19(16-7-4-3-5-8-16)21(25)17-9-6-10-18(13-17)26-2/h3-10,13,15,19,21H,11-12,14H2,1-2H3. The van der Waals surface area contributed by atoms with Crippen molar-refractivity contribution < 1.29 is 4.74 Å². The first-order valence-electron chi connectivity index (χ1n) is 9.02. The number of methoxy groups -OCH3 is 1. The number of hydrogen-bond donors (Lipinski definition) is 0. The highest BCUT2D eigenvalue weighted by Crippen LogP contribution is 2.44. The molecule has 2 unspecified atom stereocenters. The maximum atomic E-state index is 5.47. The van der Waals surface area contributed by atoms with Crippen molar-refractivity contribution in [3.05, 3.63) is 77.9 Å². The number of hydrogen-bond acceptors (Lipinski definition) is 4. The zero-order valence-electron chi connectivity index (χ0n) is 15.2. The molecule has 134 valence electrons. The van der Waals surface area contributed by atoms with E-state index in [1.807, 2.05) is 17.8 Å². The second kappa shape index (κ2) is 7.30. The third kappa shape index (κ3) is 3.22. The molecule has 0 spiro atoms. The average Bonchev–Trinajstić information content (AvgIpc) is 3.29. The van der Waals surface area contributed by atoms with E-state index in [0.29, 0.717) is 12.0 Å². The summed E-state index contributed by atoms with van der Waals surface area (Å²) in [6.45, 7) is 1.83. The molecule has 0 aliphatic carbocycles. The summed E-state index contributed by atoms with van der Waals surface area (Å²) < 4.78 is 7.33. The zero-order valence-corrected chi connectivity index (χ0v) is 15.2. The van der Waals surface area contributed by atoms with Gasteiger partial charge in [-0.2, -0.15) is 5.10 Å². The molecule has 1 aliphatic rings. The van der Waals surface area contributed by atoms with Crippen LogP contribution >= 0.6 is 0 Å². The lowest BCUT2D eigenvalue weighted by Gasteiger charge is -2.29. The minimum atomic E-state index is 0.296. The summed E-state index contributed by atoms with van der Waals surface area (Å²) in [6.07, 6.45) is 2.75. The van der Waals surface area contributed by atoms with E-state index < -0.39 is 0 Å². The molecule has 26 heavy (non-hydrogen) atoms. The van der Waals surface area contributed by atoms with Crippen molar-refractivity contribution in [3.8, 4) is 5.75 Å². The molecule has 1 saturated heterocycles. The van der Waals surface area contributed by atoms with Crippen LogP contribution in [0.15, 0.2) is 60.9 Å². The fourth-order valence-electron chi connectivity index (χ4n) is 4.00. The summed E-state index contributed by atoms with van der Waals surface area (Å²) in [6, 6.07) is 19.6. The Morgan fingerprint density at radius 3 is 2.62 bits per heavy atom. The van der Waals surface area contributed by atoms with Crippen molar-refractivity contribution in [3.63, 3.8) is 0 Å². The van der Waals surface area contributed by atoms with Gasteiger partial charge in [0.2, 0.25) is 0 Å². The van der Waals surface area contributed by atoms with E-state index in [1.54, 1.807) is 13.4 Å². The minimum Gasteiger partial charge on any atom is -0.497 e. The van der Waals surface area contributed by atoms with E-state index in [1.165, 1.54) is 11.1 Å². The summed E-state index contributed by atoms with van der Waals surface area (Å²) >= 11 is 0. The number of benzene rings is 2. The van der Waals surface area contributed by atoms with Gasteiger partial charge < -0.3 is 4.74 Å². The van der Waals surface area contributed by atoms with Gasteiger partial charge in [-0.05, 0) is 36.2 Å². The fourth-order valence-corrected chi connectivity index (χ4v) is 4.00. The fraction of sp³-hybridized carbons (Fsp3) is 0.333. The maximum Gasteiger partial charge on any atom is 0.140 e. The van der Waals surface area contributed by atoms with Crippen LogP contribution in [-0.4, -0.2) is 33.3 Å². The molecule has 1 fully saturated rings. The Bertz CT molecular complexity index is 861. The molecule has 5 heteroatoms. The van der Waals surface area contributed by atoms with Crippen LogP contribution in [0.4, 0.5) is 0 Å². The number of ether oxygens (including phenoxy) is 1. The highest BCUT2D eigenvalue weighted by Gasteiger charge is 2.36. The van der Waals surface area contributed by atoms with Gasteiger partial charge in [0.05, 0.1) is 13.7 Å². The summed E-state index contributed by atoms with van der Waals surface area (Å²) in [5.41, 5.74) is 2.68. The van der Waals surface area contributed by atoms with Gasteiger partial charge in [0, 0.05) is 19.0 Å². The molecule has 1 aliphatic heterocycles. The van der Waals surface area contributed by atoms with Crippen LogP contribution in [0.1, 0.15) is 35.3 Å². The molecular weight excluding hydrogens is 324 g/mol. The van der Waals surface area contributed by atoms with Crippen LogP contribution in [0.3, 0.4) is 0 Å². The van der Waals surface area contributed by atoms with Crippen molar-refractivity contribution in [2.24, 2.45) is 7.05 Å². The summed E-state index contributed by atoms with van der Waals surface area (Å²) in [4.78, 5) is 6.93. The molecule has 0 saturated carbocycles. The van der Waals surface area contributed by atoms with Crippen LogP contribution in [-0.2, 0) is 13.6 Å². The topological polar surface area (TPSA) is 43.2 Å². The summed E-state index contributed by atoms with van der Waals surface area (Å²) in [5.74, 6) is 2.35. The van der Waals surface area contributed by atoms with Crippen molar-refractivity contribution in [2.75, 3.05) is 13.7 Å². The monoisotopic (exact) mass is 348 g/mol. The molecule has 0 N–H and O–H groups in total. The van der Waals surface area contributed by atoms with Crippen LogP contribution in [0.5, 0.6) is 5.75 Å².